The molecular weight excluding hydrogens is 203 g/mol. The van der Waals surface area contributed by atoms with Crippen molar-refractivity contribution in [2.24, 2.45) is 0 Å². The highest BCUT2D eigenvalue weighted by molar-refractivity contribution is 6.19. The second-order valence-corrected chi connectivity index (χ2v) is 2.97. The Bertz CT molecular complexity index is 415. The fraction of sp³-hybridized carbons (Fsp3) is 0.182. The Balaban J connectivity index is 3.37. The van der Waals surface area contributed by atoms with Gasteiger partial charge in [-0.25, -0.2) is 4.39 Å². The van der Waals surface area contributed by atoms with Gasteiger partial charge in [-0.1, -0.05) is 17.9 Å². The van der Waals surface area contributed by atoms with Crippen LogP contribution >= 0.6 is 11.6 Å². The van der Waals surface area contributed by atoms with Crippen molar-refractivity contribution in [1.29, 1.82) is 0 Å². The van der Waals surface area contributed by atoms with Crippen molar-refractivity contribution in [1.82, 2.24) is 0 Å². The molecule has 14 heavy (non-hydrogen) atoms. The summed E-state index contributed by atoms with van der Waals surface area (Å²) >= 11 is 5.38. The summed E-state index contributed by atoms with van der Waals surface area (Å²) in [4.78, 5) is 10.6. The van der Waals surface area contributed by atoms with E-state index in [4.69, 9.17) is 11.6 Å². The first-order chi connectivity index (χ1) is 6.70. The van der Waals surface area contributed by atoms with Crippen molar-refractivity contribution in [2.45, 2.75) is 6.92 Å². The van der Waals surface area contributed by atoms with Crippen LogP contribution in [0.4, 0.5) is 4.39 Å². The minimum absolute atomic E-state index is 0.00242. The molecule has 0 saturated carbocycles. The first-order valence-electron chi connectivity index (χ1n) is 3.99. The van der Waals surface area contributed by atoms with Gasteiger partial charge in [-0.05, 0) is 18.6 Å². The molecular formula is C11H8ClFO. The number of halogens is 2. The summed E-state index contributed by atoms with van der Waals surface area (Å²) in [5, 5.41) is 0. The van der Waals surface area contributed by atoms with E-state index in [0.29, 0.717) is 11.8 Å². The van der Waals surface area contributed by atoms with E-state index in [9.17, 15) is 9.18 Å². The molecule has 0 aliphatic rings. The van der Waals surface area contributed by atoms with Gasteiger partial charge in [-0.2, -0.15) is 0 Å². The topological polar surface area (TPSA) is 17.1 Å². The largest absolute Gasteiger partial charge is 0.298 e. The Kier molecular flexibility index (Phi) is 3.67. The molecule has 0 aliphatic heterocycles. The lowest BCUT2D eigenvalue weighted by molar-refractivity contribution is 0.111. The fourth-order valence-corrected chi connectivity index (χ4v) is 1.17. The average Bonchev–Trinajstić information content (AvgIpc) is 2.19. The molecule has 1 aromatic rings. The second kappa shape index (κ2) is 4.78. The van der Waals surface area contributed by atoms with Crippen LogP contribution in [0.3, 0.4) is 0 Å². The van der Waals surface area contributed by atoms with Crippen LogP contribution in [-0.4, -0.2) is 12.2 Å². The number of hydrogen-bond acceptors (Lipinski definition) is 1. The van der Waals surface area contributed by atoms with Gasteiger partial charge >= 0.3 is 0 Å². The minimum Gasteiger partial charge on any atom is -0.298 e. The standard InChI is InChI=1S/C11H8ClFO/c1-8-4-5-11(13)10(7-14)9(8)3-2-6-12/h4-5,7H,6H2,1H3. The molecule has 0 aliphatic carbocycles. The van der Waals surface area contributed by atoms with Crippen LogP contribution in [0.2, 0.25) is 0 Å². The maximum absolute atomic E-state index is 13.1. The molecule has 0 saturated heterocycles. The zero-order valence-electron chi connectivity index (χ0n) is 7.60. The Morgan fingerprint density at radius 2 is 2.29 bits per heavy atom. The second-order valence-electron chi connectivity index (χ2n) is 2.71. The number of alkyl halides is 1. The number of carbonyl (C=O) groups is 1. The predicted molar refractivity (Wildman–Crippen MR) is 54.1 cm³/mol. The summed E-state index contributed by atoms with van der Waals surface area (Å²) in [5.74, 6) is 4.88. The quantitative estimate of drug-likeness (QED) is 0.396. The lowest BCUT2D eigenvalue weighted by atomic mass is 10.0. The first kappa shape index (κ1) is 10.7. The van der Waals surface area contributed by atoms with Gasteiger partial charge in [-0.15, -0.1) is 11.6 Å². The molecule has 0 aromatic heterocycles. The SMILES string of the molecule is Cc1ccc(F)c(C=O)c1C#CCCl. The molecule has 1 aromatic carbocycles. The number of aryl methyl sites for hydroxylation is 1. The molecule has 72 valence electrons. The van der Waals surface area contributed by atoms with Gasteiger partial charge in [0.1, 0.15) is 5.82 Å². The van der Waals surface area contributed by atoms with Gasteiger partial charge in [-0.3, -0.25) is 4.79 Å². The van der Waals surface area contributed by atoms with Gasteiger partial charge in [0, 0.05) is 5.56 Å². The number of aldehydes is 1. The van der Waals surface area contributed by atoms with Crippen LogP contribution in [0.5, 0.6) is 0 Å². The van der Waals surface area contributed by atoms with Crippen LogP contribution in [-0.2, 0) is 0 Å². The fourth-order valence-electron chi connectivity index (χ4n) is 1.11. The summed E-state index contributed by atoms with van der Waals surface area (Å²) < 4.78 is 13.1. The average molecular weight is 211 g/mol. The van der Waals surface area contributed by atoms with Crippen molar-refractivity contribution in [3.05, 3.63) is 34.6 Å². The Morgan fingerprint density at radius 3 is 2.86 bits per heavy atom. The first-order valence-corrected chi connectivity index (χ1v) is 4.53. The van der Waals surface area contributed by atoms with Gasteiger partial charge in [0.2, 0.25) is 0 Å². The molecule has 3 heteroatoms. The molecule has 1 rings (SSSR count). The molecule has 0 N–H and O–H groups in total. The smallest absolute Gasteiger partial charge is 0.154 e. The maximum Gasteiger partial charge on any atom is 0.154 e. The molecule has 0 atom stereocenters. The Morgan fingerprint density at radius 1 is 1.57 bits per heavy atom. The molecule has 0 heterocycles. The number of hydrogen-bond donors (Lipinski definition) is 0. The third-order valence-corrected chi connectivity index (χ3v) is 1.93. The van der Waals surface area contributed by atoms with E-state index in [2.05, 4.69) is 11.8 Å². The van der Waals surface area contributed by atoms with Gasteiger partial charge in [0.25, 0.3) is 0 Å². The van der Waals surface area contributed by atoms with Crippen LogP contribution < -0.4 is 0 Å². The Hall–Kier alpha value is -1.33. The minimum atomic E-state index is -0.551. The van der Waals surface area contributed by atoms with E-state index in [0.717, 1.165) is 5.56 Å². The normalized spacial score (nSPS) is 9.07. The number of benzene rings is 1. The highest BCUT2D eigenvalue weighted by Crippen LogP contribution is 2.14. The molecule has 1 nitrogen and oxygen atoms in total. The van der Waals surface area contributed by atoms with Gasteiger partial charge < -0.3 is 0 Å². The van der Waals surface area contributed by atoms with Crippen molar-refractivity contribution < 1.29 is 9.18 Å². The third-order valence-electron chi connectivity index (χ3n) is 1.80. The van der Waals surface area contributed by atoms with Crippen molar-refractivity contribution in [3.63, 3.8) is 0 Å². The molecule has 0 fully saturated rings. The molecule has 0 unspecified atom stereocenters. The highest BCUT2D eigenvalue weighted by Gasteiger charge is 2.08. The van der Waals surface area contributed by atoms with E-state index >= 15 is 0 Å². The van der Waals surface area contributed by atoms with Crippen LogP contribution in [0.1, 0.15) is 21.5 Å². The van der Waals surface area contributed by atoms with Crippen LogP contribution in [0.15, 0.2) is 12.1 Å². The molecule has 0 amide bonds. The molecule has 0 bridgehead atoms. The van der Waals surface area contributed by atoms with Gasteiger partial charge in [0.05, 0.1) is 11.4 Å². The van der Waals surface area contributed by atoms with Crippen molar-refractivity contribution >= 4 is 17.9 Å². The van der Waals surface area contributed by atoms with Crippen LogP contribution in [0, 0.1) is 24.6 Å². The van der Waals surface area contributed by atoms with E-state index in [1.165, 1.54) is 6.07 Å². The molecule has 0 spiro atoms. The summed E-state index contributed by atoms with van der Waals surface area (Å²) in [6.07, 6.45) is 0.473. The highest BCUT2D eigenvalue weighted by atomic mass is 35.5. The lowest BCUT2D eigenvalue weighted by Gasteiger charge is -2.02. The van der Waals surface area contributed by atoms with E-state index < -0.39 is 5.82 Å². The third kappa shape index (κ3) is 2.12. The Labute approximate surface area is 86.9 Å². The predicted octanol–water partition coefficient (Wildman–Crippen LogP) is 2.54. The zero-order chi connectivity index (χ0) is 10.6. The van der Waals surface area contributed by atoms with E-state index in [-0.39, 0.29) is 11.4 Å². The van der Waals surface area contributed by atoms with Crippen LogP contribution in [0.25, 0.3) is 0 Å². The summed E-state index contributed by atoms with van der Waals surface area (Å²) in [7, 11) is 0. The summed E-state index contributed by atoms with van der Waals surface area (Å²) in [6, 6.07) is 2.84. The van der Waals surface area contributed by atoms with Crippen molar-refractivity contribution in [3.8, 4) is 11.8 Å². The van der Waals surface area contributed by atoms with E-state index in [1.54, 1.807) is 13.0 Å². The monoisotopic (exact) mass is 210 g/mol. The number of carbonyl (C=O) groups excluding carboxylic acids is 1. The summed E-state index contributed by atoms with van der Waals surface area (Å²) in [5.41, 5.74) is 1.19. The number of rotatable bonds is 1. The zero-order valence-corrected chi connectivity index (χ0v) is 8.36. The van der Waals surface area contributed by atoms with E-state index in [1.807, 2.05) is 0 Å². The maximum atomic E-state index is 13.1. The van der Waals surface area contributed by atoms with Crippen molar-refractivity contribution in [2.75, 3.05) is 5.88 Å². The summed E-state index contributed by atoms with van der Waals surface area (Å²) in [6.45, 7) is 1.77. The lowest BCUT2D eigenvalue weighted by Crippen LogP contribution is -1.96. The van der Waals surface area contributed by atoms with Gasteiger partial charge in [0.15, 0.2) is 6.29 Å². The molecule has 0 radical (unpaired) electrons.